The molecule has 0 bridgehead atoms. The normalized spacial score (nSPS) is 24.1. The second-order valence-corrected chi connectivity index (χ2v) is 5.85. The number of aryl methyl sites for hydroxylation is 1. The van der Waals surface area contributed by atoms with E-state index in [9.17, 15) is 4.79 Å². The minimum atomic E-state index is 0.183. The maximum Gasteiger partial charge on any atom is 0.253 e. The summed E-state index contributed by atoms with van der Waals surface area (Å²) in [4.78, 5) is 17.0. The quantitative estimate of drug-likeness (QED) is 0.877. The summed E-state index contributed by atoms with van der Waals surface area (Å²) < 4.78 is 0. The highest BCUT2D eigenvalue weighted by molar-refractivity contribution is 5.94. The maximum absolute atomic E-state index is 12.5. The molecule has 1 unspecified atom stereocenters. The van der Waals surface area contributed by atoms with Crippen molar-refractivity contribution < 1.29 is 4.79 Å². The van der Waals surface area contributed by atoms with E-state index in [1.807, 2.05) is 36.1 Å². The summed E-state index contributed by atoms with van der Waals surface area (Å²) in [5.41, 5.74) is 2.01. The summed E-state index contributed by atoms with van der Waals surface area (Å²) in [6.45, 7) is 8.18. The number of piperazine rings is 1. The van der Waals surface area contributed by atoms with E-state index in [0.29, 0.717) is 6.04 Å². The van der Waals surface area contributed by atoms with Crippen LogP contribution in [0, 0.1) is 6.92 Å². The Morgan fingerprint density at radius 2 is 1.85 bits per heavy atom. The molecule has 1 aromatic carbocycles. The minimum absolute atomic E-state index is 0.183. The van der Waals surface area contributed by atoms with Crippen LogP contribution in [0.15, 0.2) is 24.3 Å². The average molecular weight is 273 g/mol. The van der Waals surface area contributed by atoms with Gasteiger partial charge < -0.3 is 10.2 Å². The van der Waals surface area contributed by atoms with Crippen LogP contribution >= 0.6 is 0 Å². The first-order chi connectivity index (χ1) is 9.74. The molecule has 2 fully saturated rings. The van der Waals surface area contributed by atoms with Crippen molar-refractivity contribution in [1.29, 1.82) is 0 Å². The van der Waals surface area contributed by atoms with E-state index < -0.39 is 0 Å². The monoisotopic (exact) mass is 273 g/mol. The fraction of sp³-hybridized carbons (Fsp3) is 0.562. The van der Waals surface area contributed by atoms with E-state index in [4.69, 9.17) is 0 Å². The molecule has 1 aromatic rings. The van der Waals surface area contributed by atoms with Crippen LogP contribution < -0.4 is 5.32 Å². The predicted molar refractivity (Wildman–Crippen MR) is 79.9 cm³/mol. The summed E-state index contributed by atoms with van der Waals surface area (Å²) in [6, 6.07) is 8.45. The highest BCUT2D eigenvalue weighted by Crippen LogP contribution is 2.18. The van der Waals surface area contributed by atoms with Gasteiger partial charge in [-0.2, -0.15) is 0 Å². The van der Waals surface area contributed by atoms with Crippen molar-refractivity contribution >= 4 is 5.91 Å². The lowest BCUT2D eigenvalue weighted by Crippen LogP contribution is -2.49. The molecular weight excluding hydrogens is 250 g/mol. The summed E-state index contributed by atoms with van der Waals surface area (Å²) in [7, 11) is 0. The van der Waals surface area contributed by atoms with Crippen LogP contribution in [0.2, 0.25) is 0 Å². The second-order valence-electron chi connectivity index (χ2n) is 5.85. The van der Waals surface area contributed by atoms with E-state index in [1.165, 1.54) is 5.56 Å². The SMILES string of the molecule is Cc1ccc(C(=O)N2CCC(N3CCNCC3)C2)cc1. The van der Waals surface area contributed by atoms with E-state index in [0.717, 1.165) is 51.3 Å². The summed E-state index contributed by atoms with van der Waals surface area (Å²) in [5.74, 6) is 0.183. The Morgan fingerprint density at radius 1 is 1.15 bits per heavy atom. The first kappa shape index (κ1) is 13.6. The van der Waals surface area contributed by atoms with E-state index in [-0.39, 0.29) is 5.91 Å². The third-order valence-corrected chi connectivity index (χ3v) is 4.42. The largest absolute Gasteiger partial charge is 0.337 e. The molecule has 20 heavy (non-hydrogen) atoms. The van der Waals surface area contributed by atoms with E-state index >= 15 is 0 Å². The molecule has 2 aliphatic rings. The fourth-order valence-corrected chi connectivity index (χ4v) is 3.15. The number of amides is 1. The number of hydrogen-bond acceptors (Lipinski definition) is 3. The lowest BCUT2D eigenvalue weighted by molar-refractivity contribution is 0.0773. The minimum Gasteiger partial charge on any atom is -0.337 e. The number of carbonyl (C=O) groups excluding carboxylic acids is 1. The van der Waals surface area contributed by atoms with Crippen LogP contribution in [0.25, 0.3) is 0 Å². The number of carbonyl (C=O) groups is 1. The van der Waals surface area contributed by atoms with Crippen molar-refractivity contribution in [1.82, 2.24) is 15.1 Å². The van der Waals surface area contributed by atoms with Crippen LogP contribution in [-0.4, -0.2) is 61.0 Å². The molecule has 0 aromatic heterocycles. The zero-order valence-corrected chi connectivity index (χ0v) is 12.1. The Bertz CT molecular complexity index is 465. The number of likely N-dealkylation sites (tertiary alicyclic amines) is 1. The fourth-order valence-electron chi connectivity index (χ4n) is 3.15. The molecule has 2 heterocycles. The van der Waals surface area contributed by atoms with Crippen LogP contribution in [-0.2, 0) is 0 Å². The molecule has 4 nitrogen and oxygen atoms in total. The van der Waals surface area contributed by atoms with Gasteiger partial charge in [-0.15, -0.1) is 0 Å². The Hall–Kier alpha value is -1.39. The number of rotatable bonds is 2. The third kappa shape index (κ3) is 2.86. The van der Waals surface area contributed by atoms with Crippen LogP contribution in [0.5, 0.6) is 0 Å². The molecule has 2 aliphatic heterocycles. The Kier molecular flexibility index (Phi) is 4.03. The zero-order valence-electron chi connectivity index (χ0n) is 12.1. The summed E-state index contributed by atoms with van der Waals surface area (Å²) in [5, 5.41) is 3.38. The number of benzene rings is 1. The van der Waals surface area contributed by atoms with Gasteiger partial charge in [-0.05, 0) is 25.5 Å². The van der Waals surface area contributed by atoms with Gasteiger partial charge in [0.1, 0.15) is 0 Å². The predicted octanol–water partition coefficient (Wildman–Crippen LogP) is 1.11. The lowest BCUT2D eigenvalue weighted by Gasteiger charge is -2.32. The molecule has 4 heteroatoms. The van der Waals surface area contributed by atoms with Gasteiger partial charge in [0.15, 0.2) is 0 Å². The van der Waals surface area contributed by atoms with Crippen molar-refractivity contribution in [2.75, 3.05) is 39.3 Å². The van der Waals surface area contributed by atoms with Crippen molar-refractivity contribution in [2.45, 2.75) is 19.4 Å². The molecule has 3 rings (SSSR count). The van der Waals surface area contributed by atoms with Gasteiger partial charge in [-0.3, -0.25) is 9.69 Å². The maximum atomic E-state index is 12.5. The molecule has 1 amide bonds. The molecule has 1 N–H and O–H groups in total. The van der Waals surface area contributed by atoms with Gasteiger partial charge in [-0.1, -0.05) is 17.7 Å². The Morgan fingerprint density at radius 3 is 2.55 bits per heavy atom. The highest BCUT2D eigenvalue weighted by atomic mass is 16.2. The molecule has 2 saturated heterocycles. The molecular formula is C16H23N3O. The Labute approximate surface area is 120 Å². The molecule has 0 aliphatic carbocycles. The van der Waals surface area contributed by atoms with Crippen LogP contribution in [0.4, 0.5) is 0 Å². The first-order valence-corrected chi connectivity index (χ1v) is 7.55. The number of nitrogens with zero attached hydrogens (tertiary/aromatic N) is 2. The average Bonchev–Trinajstić information content (AvgIpc) is 2.98. The lowest BCUT2D eigenvalue weighted by atomic mass is 10.1. The van der Waals surface area contributed by atoms with Crippen molar-refractivity contribution in [3.05, 3.63) is 35.4 Å². The van der Waals surface area contributed by atoms with Gasteiger partial charge in [-0.25, -0.2) is 0 Å². The van der Waals surface area contributed by atoms with E-state index in [1.54, 1.807) is 0 Å². The zero-order chi connectivity index (χ0) is 13.9. The van der Waals surface area contributed by atoms with Gasteiger partial charge in [0.25, 0.3) is 5.91 Å². The van der Waals surface area contributed by atoms with Gasteiger partial charge >= 0.3 is 0 Å². The van der Waals surface area contributed by atoms with Crippen LogP contribution in [0.3, 0.4) is 0 Å². The molecule has 108 valence electrons. The van der Waals surface area contributed by atoms with Crippen molar-refractivity contribution in [3.8, 4) is 0 Å². The number of nitrogens with one attached hydrogen (secondary N) is 1. The first-order valence-electron chi connectivity index (χ1n) is 7.55. The van der Waals surface area contributed by atoms with E-state index in [2.05, 4.69) is 10.2 Å². The van der Waals surface area contributed by atoms with Gasteiger partial charge in [0, 0.05) is 50.9 Å². The Balaban J connectivity index is 1.61. The van der Waals surface area contributed by atoms with Crippen molar-refractivity contribution in [3.63, 3.8) is 0 Å². The molecule has 0 spiro atoms. The van der Waals surface area contributed by atoms with Gasteiger partial charge in [0.05, 0.1) is 0 Å². The number of hydrogen-bond donors (Lipinski definition) is 1. The smallest absolute Gasteiger partial charge is 0.253 e. The summed E-state index contributed by atoms with van der Waals surface area (Å²) >= 11 is 0. The molecule has 0 saturated carbocycles. The molecule has 0 radical (unpaired) electrons. The molecule has 1 atom stereocenters. The van der Waals surface area contributed by atoms with Crippen molar-refractivity contribution in [2.24, 2.45) is 0 Å². The second kappa shape index (κ2) is 5.94. The van der Waals surface area contributed by atoms with Gasteiger partial charge in [0.2, 0.25) is 0 Å². The standard InChI is InChI=1S/C16H23N3O/c1-13-2-4-14(5-3-13)16(20)19-9-6-15(12-19)18-10-7-17-8-11-18/h2-5,15,17H,6-12H2,1H3. The topological polar surface area (TPSA) is 35.6 Å². The summed E-state index contributed by atoms with van der Waals surface area (Å²) in [6.07, 6.45) is 1.11. The van der Waals surface area contributed by atoms with Crippen LogP contribution in [0.1, 0.15) is 22.3 Å². The highest BCUT2D eigenvalue weighted by Gasteiger charge is 2.31. The third-order valence-electron chi connectivity index (χ3n) is 4.42.